The van der Waals surface area contributed by atoms with E-state index in [-0.39, 0.29) is 12.6 Å². The zero-order valence-electron chi connectivity index (χ0n) is 11.4. The fraction of sp³-hybridized carbons (Fsp3) is 0.923. The average Bonchev–Trinajstić information content (AvgIpc) is 2.47. The van der Waals surface area contributed by atoms with Gasteiger partial charge < -0.3 is 20.7 Å². The Morgan fingerprint density at radius 1 is 1.37 bits per heavy atom. The Hall–Kier alpha value is -0.880. The number of carbonyl (C=O) groups excluding carboxylic acids is 1. The molecule has 2 aliphatic rings. The van der Waals surface area contributed by atoms with E-state index in [4.69, 9.17) is 10.5 Å². The number of ether oxygens (including phenoxy) is 1. The summed E-state index contributed by atoms with van der Waals surface area (Å²) in [6, 6.07) is 0. The summed E-state index contributed by atoms with van der Waals surface area (Å²) in [5.74, 6) is 0.458. The van der Waals surface area contributed by atoms with E-state index in [0.717, 1.165) is 25.9 Å². The highest BCUT2D eigenvalue weighted by Gasteiger charge is 2.35. The van der Waals surface area contributed by atoms with Gasteiger partial charge >= 0.3 is 6.09 Å². The molecule has 0 aliphatic carbocycles. The van der Waals surface area contributed by atoms with E-state index in [0.29, 0.717) is 38.5 Å². The summed E-state index contributed by atoms with van der Waals surface area (Å²) in [6.07, 6.45) is 2.41. The number of nitrogens with one attached hydrogen (secondary N) is 1. The van der Waals surface area contributed by atoms with Crippen LogP contribution in [0.2, 0.25) is 0 Å². The molecule has 0 bridgehead atoms. The predicted octanol–water partition coefficient (Wildman–Crippen LogP) is 0.885. The Kier molecular flexibility index (Phi) is 4.99. The SMILES string of the molecule is NCC1(F)CCN(C(=O)OCC2CCNCC2)CC1. The lowest BCUT2D eigenvalue weighted by Crippen LogP contribution is -2.48. The number of hydrogen-bond donors (Lipinski definition) is 2. The second kappa shape index (κ2) is 6.52. The third-order valence-electron chi connectivity index (χ3n) is 4.18. The molecule has 2 heterocycles. The Labute approximate surface area is 113 Å². The molecule has 2 rings (SSSR count). The number of rotatable bonds is 3. The first kappa shape index (κ1) is 14.5. The summed E-state index contributed by atoms with van der Waals surface area (Å²) < 4.78 is 19.2. The highest BCUT2D eigenvalue weighted by molar-refractivity contribution is 5.67. The zero-order valence-corrected chi connectivity index (χ0v) is 11.4. The number of alkyl halides is 1. The van der Waals surface area contributed by atoms with Crippen molar-refractivity contribution in [3.8, 4) is 0 Å². The fourth-order valence-electron chi connectivity index (χ4n) is 2.62. The molecule has 0 atom stereocenters. The van der Waals surface area contributed by atoms with Crippen LogP contribution in [0.15, 0.2) is 0 Å². The summed E-state index contributed by atoms with van der Waals surface area (Å²) in [4.78, 5) is 13.5. The van der Waals surface area contributed by atoms with Crippen LogP contribution in [0, 0.1) is 5.92 Å². The fourth-order valence-corrected chi connectivity index (χ4v) is 2.62. The first-order chi connectivity index (χ1) is 9.13. The van der Waals surface area contributed by atoms with Gasteiger partial charge in [-0.05, 0) is 31.8 Å². The van der Waals surface area contributed by atoms with Gasteiger partial charge in [0.05, 0.1) is 6.61 Å². The van der Waals surface area contributed by atoms with Crippen molar-refractivity contribution in [1.29, 1.82) is 0 Å². The van der Waals surface area contributed by atoms with E-state index in [1.807, 2.05) is 0 Å². The van der Waals surface area contributed by atoms with Crippen LogP contribution in [0.3, 0.4) is 0 Å². The Balaban J connectivity index is 1.69. The summed E-state index contributed by atoms with van der Waals surface area (Å²) in [7, 11) is 0. The number of halogens is 1. The van der Waals surface area contributed by atoms with Crippen molar-refractivity contribution in [1.82, 2.24) is 10.2 Å². The molecule has 0 aromatic rings. The van der Waals surface area contributed by atoms with Crippen molar-refractivity contribution in [3.05, 3.63) is 0 Å². The summed E-state index contributed by atoms with van der Waals surface area (Å²) in [6.45, 7) is 3.30. The molecule has 19 heavy (non-hydrogen) atoms. The van der Waals surface area contributed by atoms with E-state index in [9.17, 15) is 9.18 Å². The maximum absolute atomic E-state index is 13.9. The van der Waals surface area contributed by atoms with Gasteiger partial charge in [-0.15, -0.1) is 0 Å². The minimum atomic E-state index is -1.30. The molecule has 110 valence electrons. The van der Waals surface area contributed by atoms with Crippen molar-refractivity contribution < 1.29 is 13.9 Å². The van der Waals surface area contributed by atoms with Crippen LogP contribution in [-0.4, -0.2) is 56.0 Å². The Morgan fingerprint density at radius 3 is 2.58 bits per heavy atom. The van der Waals surface area contributed by atoms with Gasteiger partial charge in [0.15, 0.2) is 0 Å². The highest BCUT2D eigenvalue weighted by Crippen LogP contribution is 2.25. The minimum absolute atomic E-state index is 0.0327. The first-order valence-corrected chi connectivity index (χ1v) is 7.14. The van der Waals surface area contributed by atoms with Gasteiger partial charge in [-0.3, -0.25) is 0 Å². The Morgan fingerprint density at radius 2 is 2.00 bits per heavy atom. The van der Waals surface area contributed by atoms with Crippen molar-refractivity contribution >= 4 is 6.09 Å². The molecular formula is C13H24FN3O2. The second-order valence-corrected chi connectivity index (χ2v) is 5.61. The number of piperidine rings is 2. The number of nitrogens with zero attached hydrogens (tertiary/aromatic N) is 1. The van der Waals surface area contributed by atoms with E-state index >= 15 is 0 Å². The quantitative estimate of drug-likeness (QED) is 0.801. The van der Waals surface area contributed by atoms with E-state index in [1.165, 1.54) is 0 Å². The third kappa shape index (κ3) is 4.04. The van der Waals surface area contributed by atoms with Crippen molar-refractivity contribution in [3.63, 3.8) is 0 Å². The molecule has 1 amide bonds. The van der Waals surface area contributed by atoms with Gasteiger partial charge in [-0.1, -0.05) is 0 Å². The van der Waals surface area contributed by atoms with Gasteiger partial charge in [0, 0.05) is 32.5 Å². The minimum Gasteiger partial charge on any atom is -0.449 e. The van der Waals surface area contributed by atoms with E-state index in [1.54, 1.807) is 4.90 Å². The van der Waals surface area contributed by atoms with Crippen LogP contribution in [0.4, 0.5) is 9.18 Å². The maximum atomic E-state index is 13.9. The van der Waals surface area contributed by atoms with E-state index < -0.39 is 5.67 Å². The molecule has 2 fully saturated rings. The number of carbonyl (C=O) groups is 1. The van der Waals surface area contributed by atoms with Crippen LogP contribution in [0.25, 0.3) is 0 Å². The molecule has 6 heteroatoms. The molecule has 5 nitrogen and oxygen atoms in total. The predicted molar refractivity (Wildman–Crippen MR) is 70.6 cm³/mol. The first-order valence-electron chi connectivity index (χ1n) is 7.14. The standard InChI is InChI=1S/C13H24FN3O2/c14-13(10-15)3-7-17(8-4-13)12(18)19-9-11-1-5-16-6-2-11/h11,16H,1-10,15H2. The monoisotopic (exact) mass is 273 g/mol. The van der Waals surface area contributed by atoms with Crippen molar-refractivity contribution in [2.45, 2.75) is 31.4 Å². The zero-order chi connectivity index (χ0) is 13.7. The van der Waals surface area contributed by atoms with Crippen LogP contribution in [-0.2, 0) is 4.74 Å². The summed E-state index contributed by atoms with van der Waals surface area (Å²) in [5.41, 5.74) is 4.10. The van der Waals surface area contributed by atoms with Crippen molar-refractivity contribution in [2.75, 3.05) is 39.3 Å². The van der Waals surface area contributed by atoms with Gasteiger partial charge in [-0.2, -0.15) is 0 Å². The number of amides is 1. The maximum Gasteiger partial charge on any atom is 0.409 e. The van der Waals surface area contributed by atoms with Gasteiger partial charge in [0.1, 0.15) is 5.67 Å². The lowest BCUT2D eigenvalue weighted by Gasteiger charge is -2.35. The smallest absolute Gasteiger partial charge is 0.409 e. The number of nitrogens with two attached hydrogens (primary N) is 1. The lowest BCUT2D eigenvalue weighted by atomic mass is 9.94. The molecule has 2 aliphatic heterocycles. The molecule has 0 aromatic carbocycles. The van der Waals surface area contributed by atoms with Crippen LogP contribution in [0.1, 0.15) is 25.7 Å². The van der Waals surface area contributed by atoms with Crippen molar-refractivity contribution in [2.24, 2.45) is 11.7 Å². The third-order valence-corrected chi connectivity index (χ3v) is 4.18. The molecule has 0 spiro atoms. The molecule has 0 aromatic heterocycles. The molecular weight excluding hydrogens is 249 g/mol. The largest absolute Gasteiger partial charge is 0.449 e. The highest BCUT2D eigenvalue weighted by atomic mass is 19.1. The Bertz CT molecular complexity index is 300. The van der Waals surface area contributed by atoms with Crippen LogP contribution in [0.5, 0.6) is 0 Å². The van der Waals surface area contributed by atoms with Gasteiger partial charge in [-0.25, -0.2) is 9.18 Å². The summed E-state index contributed by atoms with van der Waals surface area (Å²) >= 11 is 0. The lowest BCUT2D eigenvalue weighted by molar-refractivity contribution is 0.0401. The van der Waals surface area contributed by atoms with Crippen LogP contribution < -0.4 is 11.1 Å². The number of likely N-dealkylation sites (tertiary alicyclic amines) is 1. The summed E-state index contributed by atoms with van der Waals surface area (Å²) in [5, 5.41) is 3.28. The van der Waals surface area contributed by atoms with Gasteiger partial charge in [0.2, 0.25) is 0 Å². The number of hydrogen-bond acceptors (Lipinski definition) is 4. The normalized spacial score (nSPS) is 24.2. The average molecular weight is 273 g/mol. The van der Waals surface area contributed by atoms with E-state index in [2.05, 4.69) is 5.32 Å². The molecule has 0 radical (unpaired) electrons. The molecule has 3 N–H and O–H groups in total. The molecule has 0 unspecified atom stereocenters. The molecule has 2 saturated heterocycles. The van der Waals surface area contributed by atoms with Gasteiger partial charge in [0.25, 0.3) is 0 Å². The topological polar surface area (TPSA) is 67.6 Å². The van der Waals surface area contributed by atoms with Crippen LogP contribution >= 0.6 is 0 Å². The second-order valence-electron chi connectivity index (χ2n) is 5.61. The molecule has 0 saturated carbocycles.